The Morgan fingerprint density at radius 3 is 1.90 bits per heavy atom. The van der Waals surface area contributed by atoms with Gasteiger partial charge in [0.05, 0.1) is 39.1 Å². The molecule has 3 rings (SSSR count). The van der Waals surface area contributed by atoms with Crippen molar-refractivity contribution >= 4 is 32.9 Å². The van der Waals surface area contributed by atoms with Crippen molar-refractivity contribution < 1.29 is 42.5 Å². The smallest absolute Gasteiger partial charge is 0.744 e. The van der Waals surface area contributed by atoms with Crippen LogP contribution in [-0.4, -0.2) is 34.4 Å². The molecule has 2 aromatic heterocycles. The molecule has 0 unspecified atom stereocenters. The third kappa shape index (κ3) is 6.12. The first-order valence-electron chi connectivity index (χ1n) is 8.38. The van der Waals surface area contributed by atoms with Crippen molar-refractivity contribution in [2.75, 3.05) is 0 Å². The van der Waals surface area contributed by atoms with Crippen molar-refractivity contribution in [1.29, 1.82) is 0 Å². The maximum atomic E-state index is 11.8. The molecule has 0 N–H and O–H groups in total. The maximum Gasteiger partial charge on any atom is 1.00 e. The Hall–Kier alpha value is -2.23. The van der Waals surface area contributed by atoms with Crippen LogP contribution in [0.1, 0.15) is 25.2 Å². The molecule has 29 heavy (non-hydrogen) atoms. The molecule has 1 aromatic carbocycles. The minimum absolute atomic E-state index is 0. The minimum atomic E-state index is -4.75. The number of aliphatic imine (C=N–C) groups is 2. The van der Waals surface area contributed by atoms with Gasteiger partial charge in [0.2, 0.25) is 0 Å². The standard InChI is InChI=1S/C20H18N4O3S.Na/c1-14(17-7-3-5-11-21-17)23-16-9-10-19(20(13-16)28(25,26)27)24-15(2)18-8-4-6-12-22-18;/h3-13H,1-2H3,(H,25,26,27);/q;+1/p-1. The average molecular weight is 416 g/mol. The molecule has 0 amide bonds. The van der Waals surface area contributed by atoms with Crippen LogP contribution in [0.2, 0.25) is 0 Å². The number of benzene rings is 1. The van der Waals surface area contributed by atoms with E-state index in [0.29, 0.717) is 28.5 Å². The van der Waals surface area contributed by atoms with Crippen LogP contribution in [0.3, 0.4) is 0 Å². The Bertz CT molecular complexity index is 1150. The molecular formula is C20H17N4NaO3S. The van der Waals surface area contributed by atoms with E-state index in [4.69, 9.17) is 0 Å². The van der Waals surface area contributed by atoms with Gasteiger partial charge in [-0.1, -0.05) is 12.1 Å². The summed E-state index contributed by atoms with van der Waals surface area (Å²) in [5.74, 6) is 0. The molecule has 0 aliphatic carbocycles. The third-order valence-electron chi connectivity index (χ3n) is 3.87. The fourth-order valence-corrected chi connectivity index (χ4v) is 3.14. The van der Waals surface area contributed by atoms with E-state index in [-0.39, 0.29) is 35.2 Å². The van der Waals surface area contributed by atoms with E-state index < -0.39 is 15.0 Å². The van der Waals surface area contributed by atoms with Gasteiger partial charge in [0.15, 0.2) is 0 Å². The van der Waals surface area contributed by atoms with Crippen molar-refractivity contribution in [3.05, 3.63) is 78.4 Å². The summed E-state index contributed by atoms with van der Waals surface area (Å²) in [6.07, 6.45) is 3.25. The Balaban J connectivity index is 0.00000300. The van der Waals surface area contributed by atoms with Gasteiger partial charge >= 0.3 is 29.6 Å². The van der Waals surface area contributed by atoms with E-state index in [1.54, 1.807) is 62.6 Å². The number of hydrogen-bond acceptors (Lipinski definition) is 7. The summed E-state index contributed by atoms with van der Waals surface area (Å²) in [6.45, 7) is 3.45. The van der Waals surface area contributed by atoms with Crippen molar-refractivity contribution in [1.82, 2.24) is 9.97 Å². The second-order valence-electron chi connectivity index (χ2n) is 5.93. The molecule has 0 radical (unpaired) electrons. The SMILES string of the molecule is CC(=Nc1ccc(N=C(C)c2ccccn2)c(S(=O)(=O)[O-])c1)c1ccccn1.[Na+]. The topological polar surface area (TPSA) is 108 Å². The first-order valence-corrected chi connectivity index (χ1v) is 9.79. The largest absolute Gasteiger partial charge is 1.00 e. The molecule has 142 valence electrons. The quantitative estimate of drug-likeness (QED) is 0.345. The molecule has 0 aliphatic rings. The molecule has 2 heterocycles. The zero-order chi connectivity index (χ0) is 20.1. The van der Waals surface area contributed by atoms with E-state index in [2.05, 4.69) is 20.0 Å². The van der Waals surface area contributed by atoms with E-state index in [1.165, 1.54) is 12.1 Å². The zero-order valence-corrected chi connectivity index (χ0v) is 19.1. The number of rotatable bonds is 5. The van der Waals surface area contributed by atoms with Crippen LogP contribution in [0.15, 0.2) is 81.9 Å². The van der Waals surface area contributed by atoms with Crippen LogP contribution in [-0.2, 0) is 10.1 Å². The van der Waals surface area contributed by atoms with Gasteiger partial charge in [-0.3, -0.25) is 20.0 Å². The van der Waals surface area contributed by atoms with Gasteiger partial charge in [-0.15, -0.1) is 0 Å². The molecule has 3 aromatic rings. The van der Waals surface area contributed by atoms with Gasteiger partial charge in [-0.25, -0.2) is 8.42 Å². The third-order valence-corrected chi connectivity index (χ3v) is 4.73. The van der Waals surface area contributed by atoms with Crippen LogP contribution in [0.5, 0.6) is 0 Å². The fraction of sp³-hybridized carbons (Fsp3) is 0.100. The van der Waals surface area contributed by atoms with Crippen LogP contribution >= 0.6 is 0 Å². The molecule has 0 atom stereocenters. The molecular weight excluding hydrogens is 399 g/mol. The summed E-state index contributed by atoms with van der Waals surface area (Å²) in [5, 5.41) is 0. The number of aromatic nitrogens is 2. The van der Waals surface area contributed by atoms with Crippen LogP contribution < -0.4 is 29.6 Å². The summed E-state index contributed by atoms with van der Waals surface area (Å²) in [4.78, 5) is 16.6. The summed E-state index contributed by atoms with van der Waals surface area (Å²) in [5.41, 5.74) is 2.70. The molecule has 9 heteroatoms. The van der Waals surface area contributed by atoms with E-state index in [1.807, 2.05) is 6.07 Å². The summed E-state index contributed by atoms with van der Waals surface area (Å²) >= 11 is 0. The zero-order valence-electron chi connectivity index (χ0n) is 16.3. The second kappa shape index (κ2) is 10.00. The van der Waals surface area contributed by atoms with E-state index in [9.17, 15) is 13.0 Å². The van der Waals surface area contributed by atoms with E-state index >= 15 is 0 Å². The van der Waals surface area contributed by atoms with Gasteiger partial charge in [0.1, 0.15) is 10.1 Å². The first kappa shape index (κ1) is 23.1. The van der Waals surface area contributed by atoms with Gasteiger partial charge in [0.25, 0.3) is 0 Å². The van der Waals surface area contributed by atoms with Crippen LogP contribution in [0.25, 0.3) is 0 Å². The first-order chi connectivity index (χ1) is 13.3. The number of nitrogens with zero attached hydrogens (tertiary/aromatic N) is 4. The normalized spacial score (nSPS) is 12.4. The van der Waals surface area contributed by atoms with Crippen molar-refractivity contribution in [2.45, 2.75) is 18.7 Å². The summed E-state index contributed by atoms with van der Waals surface area (Å²) in [7, 11) is -4.75. The second-order valence-corrected chi connectivity index (χ2v) is 7.28. The molecule has 0 fully saturated rings. The minimum Gasteiger partial charge on any atom is -0.744 e. The predicted molar refractivity (Wildman–Crippen MR) is 107 cm³/mol. The summed E-state index contributed by atoms with van der Waals surface area (Å²) in [6, 6.07) is 15.0. The predicted octanol–water partition coefficient (Wildman–Crippen LogP) is 0.666. The summed E-state index contributed by atoms with van der Waals surface area (Å²) < 4.78 is 35.3. The van der Waals surface area contributed by atoms with Gasteiger partial charge in [0, 0.05) is 12.4 Å². The average Bonchev–Trinajstić information content (AvgIpc) is 2.69. The molecule has 0 aliphatic heterocycles. The number of hydrogen-bond donors (Lipinski definition) is 0. The molecule has 0 saturated carbocycles. The maximum absolute atomic E-state index is 11.8. The van der Waals surface area contributed by atoms with Crippen molar-refractivity contribution in [3.8, 4) is 0 Å². The van der Waals surface area contributed by atoms with Crippen molar-refractivity contribution in [2.24, 2.45) is 9.98 Å². The van der Waals surface area contributed by atoms with E-state index in [0.717, 1.165) is 0 Å². The Labute approximate surface area is 191 Å². The van der Waals surface area contributed by atoms with Gasteiger partial charge in [-0.05, 0) is 56.3 Å². The molecule has 0 saturated heterocycles. The fourth-order valence-electron chi connectivity index (χ4n) is 2.51. The van der Waals surface area contributed by atoms with Crippen molar-refractivity contribution in [3.63, 3.8) is 0 Å². The Morgan fingerprint density at radius 1 is 0.862 bits per heavy atom. The Morgan fingerprint density at radius 2 is 1.41 bits per heavy atom. The van der Waals surface area contributed by atoms with Crippen LogP contribution in [0, 0.1) is 0 Å². The van der Waals surface area contributed by atoms with Gasteiger partial charge < -0.3 is 4.55 Å². The van der Waals surface area contributed by atoms with Crippen LogP contribution in [0.4, 0.5) is 11.4 Å². The number of pyridine rings is 2. The van der Waals surface area contributed by atoms with Gasteiger partial charge in [-0.2, -0.15) is 0 Å². The molecule has 7 nitrogen and oxygen atoms in total. The molecule has 0 spiro atoms. The Kier molecular flexibility index (Phi) is 7.95. The monoisotopic (exact) mass is 416 g/mol. The molecule has 0 bridgehead atoms.